The van der Waals surface area contributed by atoms with Gasteiger partial charge in [-0.15, -0.1) is 0 Å². The number of rotatable bonds is 5. The molecule has 1 aromatic rings. The predicted molar refractivity (Wildman–Crippen MR) is 110 cm³/mol. The van der Waals surface area contributed by atoms with Gasteiger partial charge in [0, 0.05) is 19.1 Å². The zero-order valence-corrected chi connectivity index (χ0v) is 20.4. The van der Waals surface area contributed by atoms with E-state index in [0.717, 1.165) is 61.7 Å². The summed E-state index contributed by atoms with van der Waals surface area (Å²) in [5.41, 5.74) is 0.137. The third kappa shape index (κ3) is 5.42. The molecule has 1 saturated carbocycles. The topological polar surface area (TPSA) is 60.4 Å². The fourth-order valence-electron chi connectivity index (χ4n) is 4.71. The van der Waals surface area contributed by atoms with Crippen LogP contribution in [0.1, 0.15) is 51.0 Å². The van der Waals surface area contributed by atoms with Crippen molar-refractivity contribution in [2.24, 2.45) is 5.92 Å². The molecule has 164 valence electrons. The highest BCUT2D eigenvalue weighted by Crippen LogP contribution is 2.43. The number of piperidine rings is 1. The lowest BCUT2D eigenvalue weighted by molar-refractivity contribution is -0.896. The van der Waals surface area contributed by atoms with Gasteiger partial charge in [-0.2, -0.15) is 0 Å². The quantitative estimate of drug-likeness (QED) is 0.443. The molecule has 2 fully saturated rings. The largest absolute Gasteiger partial charge is 1.00 e. The van der Waals surface area contributed by atoms with E-state index in [1.165, 1.54) is 6.26 Å². The van der Waals surface area contributed by atoms with E-state index in [1.54, 1.807) is 24.3 Å². The zero-order chi connectivity index (χ0) is 20.6. The van der Waals surface area contributed by atoms with E-state index >= 15 is 0 Å². The van der Waals surface area contributed by atoms with Gasteiger partial charge >= 0.3 is 5.97 Å². The van der Waals surface area contributed by atoms with Crippen LogP contribution in [0.15, 0.2) is 29.2 Å². The first kappa shape index (κ1) is 24.4. The van der Waals surface area contributed by atoms with Gasteiger partial charge in [0.05, 0.1) is 37.5 Å². The van der Waals surface area contributed by atoms with Crippen molar-refractivity contribution in [2.45, 2.75) is 61.9 Å². The number of benzene rings is 1. The number of hydrogen-bond donors (Lipinski definition) is 0. The Kier molecular flexibility index (Phi) is 7.61. The third-order valence-electron chi connectivity index (χ3n) is 6.86. The van der Waals surface area contributed by atoms with Crippen molar-refractivity contribution in [3.8, 4) is 0 Å². The summed E-state index contributed by atoms with van der Waals surface area (Å²) >= 11 is 0. The lowest BCUT2D eigenvalue weighted by Crippen LogP contribution is -3.00. The van der Waals surface area contributed by atoms with E-state index < -0.39 is 15.3 Å². The second-order valence-electron chi connectivity index (χ2n) is 9.47. The number of carbonyl (C=O) groups is 1. The maximum Gasteiger partial charge on any atom is 0.316 e. The fourth-order valence-corrected chi connectivity index (χ4v) is 5.34. The van der Waals surface area contributed by atoms with Crippen molar-refractivity contribution in [3.63, 3.8) is 0 Å². The minimum absolute atomic E-state index is 0. The van der Waals surface area contributed by atoms with E-state index in [1.807, 2.05) is 6.92 Å². The molecule has 0 amide bonds. The number of nitrogens with zero attached hydrogens (tertiary/aromatic N) is 1. The fraction of sp³-hybridized carbons (Fsp3) is 0.682. The van der Waals surface area contributed by atoms with Crippen molar-refractivity contribution in [3.05, 3.63) is 29.8 Å². The Bertz CT molecular complexity index is 806. The Morgan fingerprint density at radius 1 is 1.03 bits per heavy atom. The number of esters is 1. The Morgan fingerprint density at radius 3 is 2.03 bits per heavy atom. The first-order valence-electron chi connectivity index (χ1n) is 10.4. The van der Waals surface area contributed by atoms with Crippen molar-refractivity contribution in [2.75, 3.05) is 33.4 Å². The molecular formula is C22H34BrNO4S. The number of sulfone groups is 1. The molecule has 2 aliphatic rings. The Morgan fingerprint density at radius 2 is 1.55 bits per heavy atom. The predicted octanol–water partition coefficient (Wildman–Crippen LogP) is 0.324. The first-order valence-corrected chi connectivity index (χ1v) is 12.3. The molecule has 0 aromatic heterocycles. The SMILES string of the molecule is CC(C(=O)OC1CC[N+](C)(C)CC1)(c1ccc(S(C)(=O)=O)cc1)C1CCCC1.[Br-]. The molecule has 0 spiro atoms. The molecule has 0 N–H and O–H groups in total. The minimum atomic E-state index is -3.26. The van der Waals surface area contributed by atoms with Gasteiger partial charge in [0.1, 0.15) is 6.10 Å². The standard InChI is InChI=1S/C22H34NO4S.BrH/c1-22(17-7-5-6-8-17,18-9-11-20(12-10-18)28(4,25)26)21(24)27-19-13-15-23(2,3)16-14-19;/h9-12,17,19H,5-8,13-16H2,1-4H3;1H/q+1;/p-1. The van der Waals surface area contributed by atoms with Gasteiger partial charge in [-0.25, -0.2) is 8.42 Å². The second kappa shape index (κ2) is 9.06. The molecule has 1 aliphatic heterocycles. The highest BCUT2D eigenvalue weighted by molar-refractivity contribution is 7.90. The van der Waals surface area contributed by atoms with Crippen LogP contribution in [0.25, 0.3) is 0 Å². The summed E-state index contributed by atoms with van der Waals surface area (Å²) in [6.45, 7) is 4.02. The van der Waals surface area contributed by atoms with Gasteiger partial charge in [-0.05, 0) is 43.4 Å². The molecular weight excluding hydrogens is 454 g/mol. The van der Waals surface area contributed by atoms with Crippen LogP contribution >= 0.6 is 0 Å². The first-order chi connectivity index (χ1) is 13.0. The second-order valence-corrected chi connectivity index (χ2v) is 11.5. The lowest BCUT2D eigenvalue weighted by Gasteiger charge is -2.39. The smallest absolute Gasteiger partial charge is 0.316 e. The van der Waals surface area contributed by atoms with E-state index in [0.29, 0.717) is 0 Å². The van der Waals surface area contributed by atoms with Crippen molar-refractivity contribution >= 4 is 15.8 Å². The van der Waals surface area contributed by atoms with Gasteiger partial charge in [-0.3, -0.25) is 4.79 Å². The highest BCUT2D eigenvalue weighted by Gasteiger charge is 2.46. The molecule has 1 atom stereocenters. The summed E-state index contributed by atoms with van der Waals surface area (Å²) in [5.74, 6) is 0.0867. The van der Waals surface area contributed by atoms with Crippen LogP contribution in [0.4, 0.5) is 0 Å². The molecule has 7 heteroatoms. The number of halogens is 1. The molecule has 1 saturated heterocycles. The van der Waals surface area contributed by atoms with E-state index in [9.17, 15) is 13.2 Å². The molecule has 3 rings (SSSR count). The molecule has 0 radical (unpaired) electrons. The summed E-state index contributed by atoms with van der Waals surface area (Å²) < 4.78 is 30.6. The monoisotopic (exact) mass is 487 g/mol. The molecule has 1 aliphatic carbocycles. The number of hydrogen-bond acceptors (Lipinski definition) is 4. The summed E-state index contributed by atoms with van der Waals surface area (Å²) in [7, 11) is 1.17. The zero-order valence-electron chi connectivity index (χ0n) is 18.0. The highest BCUT2D eigenvalue weighted by atomic mass is 79.9. The number of ether oxygens (including phenoxy) is 1. The number of likely N-dealkylation sites (tertiary alicyclic amines) is 1. The summed E-state index contributed by atoms with van der Waals surface area (Å²) in [5, 5.41) is 0. The van der Waals surface area contributed by atoms with Crippen LogP contribution in [0.3, 0.4) is 0 Å². The van der Waals surface area contributed by atoms with E-state index in [4.69, 9.17) is 4.74 Å². The van der Waals surface area contributed by atoms with Crippen LogP contribution < -0.4 is 17.0 Å². The van der Waals surface area contributed by atoms with Crippen LogP contribution in [0, 0.1) is 5.92 Å². The molecule has 5 nitrogen and oxygen atoms in total. The van der Waals surface area contributed by atoms with Gasteiger partial charge < -0.3 is 26.2 Å². The Balaban J connectivity index is 0.00000300. The van der Waals surface area contributed by atoms with Gasteiger partial charge in [0.25, 0.3) is 0 Å². The molecule has 29 heavy (non-hydrogen) atoms. The van der Waals surface area contributed by atoms with E-state index in [-0.39, 0.29) is 39.9 Å². The minimum Gasteiger partial charge on any atom is -1.00 e. The average Bonchev–Trinajstić information content (AvgIpc) is 3.17. The van der Waals surface area contributed by atoms with Crippen LogP contribution in [-0.2, 0) is 24.8 Å². The Hall–Kier alpha value is -0.920. The molecule has 1 aromatic carbocycles. The Labute approximate surface area is 186 Å². The van der Waals surface area contributed by atoms with Crippen molar-refractivity contribution in [1.82, 2.24) is 0 Å². The summed E-state index contributed by atoms with van der Waals surface area (Å²) in [4.78, 5) is 13.7. The maximum atomic E-state index is 13.4. The van der Waals surface area contributed by atoms with Crippen molar-refractivity contribution < 1.29 is 39.4 Å². The van der Waals surface area contributed by atoms with E-state index in [2.05, 4.69) is 14.1 Å². The maximum absolute atomic E-state index is 13.4. The molecule has 1 heterocycles. The van der Waals surface area contributed by atoms with Gasteiger partial charge in [-0.1, -0.05) is 25.0 Å². The number of carbonyl (C=O) groups excluding carboxylic acids is 1. The average molecular weight is 488 g/mol. The molecule has 1 unspecified atom stereocenters. The summed E-state index contributed by atoms with van der Waals surface area (Å²) in [6, 6.07) is 6.84. The normalized spacial score (nSPS) is 22.5. The third-order valence-corrected chi connectivity index (χ3v) is 7.99. The molecule has 0 bridgehead atoms. The van der Waals surface area contributed by atoms with Crippen LogP contribution in [0.5, 0.6) is 0 Å². The number of quaternary nitrogens is 1. The van der Waals surface area contributed by atoms with Crippen molar-refractivity contribution in [1.29, 1.82) is 0 Å². The van der Waals surface area contributed by atoms with Crippen LogP contribution in [-0.4, -0.2) is 58.4 Å². The summed E-state index contributed by atoms with van der Waals surface area (Å²) in [6.07, 6.45) is 7.25. The van der Waals surface area contributed by atoms with Gasteiger partial charge in [0.15, 0.2) is 9.84 Å². The lowest BCUT2D eigenvalue weighted by atomic mass is 9.71. The van der Waals surface area contributed by atoms with Crippen LogP contribution in [0.2, 0.25) is 0 Å². The van der Waals surface area contributed by atoms with Gasteiger partial charge in [0.2, 0.25) is 0 Å².